The van der Waals surface area contributed by atoms with E-state index in [9.17, 15) is 37.6 Å². The minimum Gasteiger partial charge on any atom is -0.506 e. The second-order valence-electron chi connectivity index (χ2n) is 5.03. The van der Waals surface area contributed by atoms with E-state index in [1.807, 2.05) is 0 Å². The number of methoxy groups -OCH3 is 1. The maximum atomic E-state index is 13.9. The number of carbonyl (C=O) groups excluding carboxylic acids is 1. The average Bonchev–Trinajstić information content (AvgIpc) is 2.62. The summed E-state index contributed by atoms with van der Waals surface area (Å²) in [6, 6.07) is 2.80. The number of aromatic hydroxyl groups is 1. The van der Waals surface area contributed by atoms with Crippen molar-refractivity contribution in [3.8, 4) is 11.5 Å². The van der Waals surface area contributed by atoms with Crippen molar-refractivity contribution in [2.24, 2.45) is 0 Å². The number of phenolic OH excluding ortho intramolecular Hbond substituents is 1. The third kappa shape index (κ3) is 3.93. The summed E-state index contributed by atoms with van der Waals surface area (Å²) in [6.45, 7) is 0. The van der Waals surface area contributed by atoms with Crippen molar-refractivity contribution in [2.45, 2.75) is 0 Å². The van der Waals surface area contributed by atoms with Crippen LogP contribution < -0.4 is 15.4 Å². The number of anilines is 1. The third-order valence-corrected chi connectivity index (χ3v) is 3.52. The van der Waals surface area contributed by atoms with Crippen molar-refractivity contribution in [1.29, 1.82) is 0 Å². The van der Waals surface area contributed by atoms with Crippen molar-refractivity contribution in [3.05, 3.63) is 57.1 Å². The Balaban J connectivity index is 2.28. The van der Waals surface area contributed by atoms with E-state index in [4.69, 9.17) is 12.2 Å². The number of carbonyl (C=O) groups is 1. The van der Waals surface area contributed by atoms with Gasteiger partial charge in [-0.1, -0.05) is 0 Å². The molecular weight excluding hydrogens is 410 g/mol. The Labute approximate surface area is 158 Å². The first kappa shape index (κ1) is 20.8. The number of nitro groups is 1. The van der Waals surface area contributed by atoms with E-state index >= 15 is 0 Å². The van der Waals surface area contributed by atoms with Crippen molar-refractivity contribution in [2.75, 3.05) is 12.4 Å². The van der Waals surface area contributed by atoms with Gasteiger partial charge in [-0.25, -0.2) is 8.78 Å². The number of ether oxygens (including phenoxy) is 1. The molecule has 1 amide bonds. The van der Waals surface area contributed by atoms with E-state index in [-0.39, 0.29) is 5.69 Å². The molecule has 3 N–H and O–H groups in total. The number of phenols is 1. The van der Waals surface area contributed by atoms with Gasteiger partial charge in [-0.3, -0.25) is 20.2 Å². The first-order chi connectivity index (χ1) is 13.1. The molecule has 0 radical (unpaired) electrons. The molecule has 0 saturated heterocycles. The van der Waals surface area contributed by atoms with Crippen molar-refractivity contribution >= 4 is 34.6 Å². The number of nitrogens with zero attached hydrogens (tertiary/aromatic N) is 1. The lowest BCUT2D eigenvalue weighted by Gasteiger charge is -2.13. The Morgan fingerprint density at radius 1 is 1.18 bits per heavy atom. The lowest BCUT2D eigenvalue weighted by atomic mass is 10.1. The van der Waals surface area contributed by atoms with Crippen molar-refractivity contribution < 1.29 is 37.1 Å². The zero-order valence-corrected chi connectivity index (χ0v) is 14.5. The maximum Gasteiger partial charge on any atom is 0.271 e. The first-order valence-electron chi connectivity index (χ1n) is 7.08. The minimum absolute atomic E-state index is 0.312. The molecule has 0 saturated carbocycles. The molecule has 8 nitrogen and oxygen atoms in total. The first-order valence-corrected chi connectivity index (χ1v) is 7.49. The van der Waals surface area contributed by atoms with Crippen LogP contribution in [0, 0.1) is 33.4 Å². The molecule has 0 aliphatic rings. The van der Waals surface area contributed by atoms with Gasteiger partial charge in [0.05, 0.1) is 17.7 Å². The molecule has 13 heteroatoms. The summed E-state index contributed by atoms with van der Waals surface area (Å²) in [5, 5.41) is 23.6. The summed E-state index contributed by atoms with van der Waals surface area (Å²) in [6.07, 6.45) is 0. The van der Waals surface area contributed by atoms with Crippen LogP contribution in [-0.2, 0) is 0 Å². The second-order valence-corrected chi connectivity index (χ2v) is 5.44. The number of rotatable bonds is 4. The van der Waals surface area contributed by atoms with E-state index in [1.165, 1.54) is 0 Å². The summed E-state index contributed by atoms with van der Waals surface area (Å²) < 4.78 is 59.4. The third-order valence-electron chi connectivity index (χ3n) is 3.32. The Kier molecular flexibility index (Phi) is 5.98. The normalized spacial score (nSPS) is 10.3. The fourth-order valence-electron chi connectivity index (χ4n) is 2.05. The number of benzene rings is 2. The van der Waals surface area contributed by atoms with Gasteiger partial charge < -0.3 is 15.2 Å². The summed E-state index contributed by atoms with van der Waals surface area (Å²) in [5.41, 5.74) is -2.36. The molecule has 0 atom stereocenters. The van der Waals surface area contributed by atoms with Gasteiger partial charge in [0.15, 0.2) is 22.5 Å². The van der Waals surface area contributed by atoms with Crippen LogP contribution >= 0.6 is 12.2 Å². The average molecular weight is 419 g/mol. The fraction of sp³-hybridized carbons (Fsp3) is 0.0667. The molecule has 0 bridgehead atoms. The van der Waals surface area contributed by atoms with Crippen molar-refractivity contribution in [3.63, 3.8) is 0 Å². The van der Waals surface area contributed by atoms with E-state index in [0.29, 0.717) is 0 Å². The monoisotopic (exact) mass is 419 g/mol. The summed E-state index contributed by atoms with van der Waals surface area (Å²) >= 11 is 4.70. The number of halogens is 4. The molecule has 0 spiro atoms. The molecule has 2 aromatic carbocycles. The van der Waals surface area contributed by atoms with Gasteiger partial charge in [0.1, 0.15) is 11.3 Å². The highest BCUT2D eigenvalue weighted by Crippen LogP contribution is 2.30. The number of nitrogens with one attached hydrogen (secondary N) is 2. The molecule has 28 heavy (non-hydrogen) atoms. The van der Waals surface area contributed by atoms with Crippen LogP contribution in [0.5, 0.6) is 11.5 Å². The molecule has 0 aliphatic carbocycles. The van der Waals surface area contributed by atoms with Gasteiger partial charge in [-0.2, -0.15) is 8.78 Å². The van der Waals surface area contributed by atoms with Crippen LogP contribution in [0.4, 0.5) is 28.9 Å². The van der Waals surface area contributed by atoms with Crippen LogP contribution in [0.3, 0.4) is 0 Å². The minimum atomic E-state index is -2.02. The van der Waals surface area contributed by atoms with Crippen LogP contribution in [0.2, 0.25) is 0 Å². The Morgan fingerprint density at radius 3 is 2.25 bits per heavy atom. The highest BCUT2D eigenvalue weighted by Gasteiger charge is 2.30. The summed E-state index contributed by atoms with van der Waals surface area (Å²) in [5.74, 6) is -11.4. The molecule has 2 rings (SSSR count). The van der Waals surface area contributed by atoms with E-state index in [1.54, 1.807) is 5.32 Å². The molecule has 0 heterocycles. The number of non-ortho nitro benzene ring substituents is 1. The Morgan fingerprint density at radius 2 is 1.75 bits per heavy atom. The SMILES string of the molecule is COc1c(F)c(F)c(C(=O)NC(=S)Nc2cc([N+](=O)[O-])ccc2O)c(F)c1F. The van der Waals surface area contributed by atoms with Crippen LogP contribution in [0.1, 0.15) is 10.4 Å². The summed E-state index contributed by atoms with van der Waals surface area (Å²) in [4.78, 5) is 21.9. The van der Waals surface area contributed by atoms with E-state index in [2.05, 4.69) is 10.1 Å². The van der Waals surface area contributed by atoms with E-state index < -0.39 is 62.0 Å². The second kappa shape index (κ2) is 8.04. The van der Waals surface area contributed by atoms with Gasteiger partial charge in [0.25, 0.3) is 11.6 Å². The molecular formula is C15H9F4N3O5S. The Hall–Kier alpha value is -3.48. The Bertz CT molecular complexity index is 973. The largest absolute Gasteiger partial charge is 0.506 e. The number of hydrogen-bond acceptors (Lipinski definition) is 6. The van der Waals surface area contributed by atoms with Crippen LogP contribution in [0.25, 0.3) is 0 Å². The molecule has 148 valence electrons. The van der Waals surface area contributed by atoms with Crippen LogP contribution in [-0.4, -0.2) is 28.2 Å². The predicted molar refractivity (Wildman–Crippen MR) is 91.3 cm³/mol. The number of nitro benzene ring substituents is 1. The number of hydrogen-bond donors (Lipinski definition) is 3. The molecule has 0 unspecified atom stereocenters. The van der Waals surface area contributed by atoms with Gasteiger partial charge >= 0.3 is 0 Å². The lowest BCUT2D eigenvalue weighted by molar-refractivity contribution is -0.384. The number of amides is 1. The lowest BCUT2D eigenvalue weighted by Crippen LogP contribution is -2.35. The quantitative estimate of drug-likeness (QED) is 0.174. The number of thiocarbonyl (C=S) groups is 1. The van der Waals surface area contributed by atoms with Gasteiger partial charge in [0, 0.05) is 12.1 Å². The highest BCUT2D eigenvalue weighted by molar-refractivity contribution is 7.80. The fourth-order valence-corrected chi connectivity index (χ4v) is 2.25. The predicted octanol–water partition coefficient (Wildman–Crippen LogP) is 2.99. The molecule has 0 aliphatic heterocycles. The van der Waals surface area contributed by atoms with Crippen LogP contribution in [0.15, 0.2) is 18.2 Å². The smallest absolute Gasteiger partial charge is 0.271 e. The topological polar surface area (TPSA) is 114 Å². The van der Waals surface area contributed by atoms with Crippen molar-refractivity contribution in [1.82, 2.24) is 5.32 Å². The maximum absolute atomic E-state index is 13.9. The van der Waals surface area contributed by atoms with Gasteiger partial charge in [-0.05, 0) is 18.3 Å². The zero-order chi connectivity index (χ0) is 21.2. The molecule has 2 aromatic rings. The summed E-state index contributed by atoms with van der Waals surface area (Å²) in [7, 11) is 0.769. The molecule has 0 aromatic heterocycles. The van der Waals surface area contributed by atoms with Gasteiger partial charge in [-0.15, -0.1) is 0 Å². The van der Waals surface area contributed by atoms with Gasteiger partial charge in [0.2, 0.25) is 11.6 Å². The standard InChI is InChI=1S/C15H9F4N3O5S/c1-27-13-11(18)9(16)8(10(17)12(13)19)14(24)21-15(28)20-6-4-5(22(25)26)2-3-7(6)23/h2-4,23H,1H3,(H2,20,21,24,28). The molecule has 0 fully saturated rings. The highest BCUT2D eigenvalue weighted by atomic mass is 32.1. The zero-order valence-electron chi connectivity index (χ0n) is 13.7. The van der Waals surface area contributed by atoms with E-state index in [0.717, 1.165) is 25.3 Å².